The molecule has 5 rings (SSSR count). The van der Waals surface area contributed by atoms with Crippen LogP contribution in [-0.4, -0.2) is 11.0 Å². The lowest BCUT2D eigenvalue weighted by atomic mass is 9.48. The molecule has 4 bridgehead atoms. The van der Waals surface area contributed by atoms with Crippen LogP contribution in [0.1, 0.15) is 45.4 Å². The number of hydrogen-bond acceptors (Lipinski definition) is 2. The fourth-order valence-electron chi connectivity index (χ4n) is 5.57. The first-order valence-electron chi connectivity index (χ1n) is 8.01. The summed E-state index contributed by atoms with van der Waals surface area (Å²) < 4.78 is 12.9. The van der Waals surface area contributed by atoms with Crippen molar-refractivity contribution in [2.75, 3.05) is 5.32 Å². The molecule has 4 aliphatic rings. The van der Waals surface area contributed by atoms with Crippen LogP contribution in [-0.2, 0) is 0 Å². The van der Waals surface area contributed by atoms with Gasteiger partial charge in [0, 0.05) is 6.04 Å². The highest BCUT2D eigenvalue weighted by Crippen LogP contribution is 2.61. The van der Waals surface area contributed by atoms with Crippen LogP contribution < -0.4 is 5.32 Å². The molecule has 0 spiro atoms. The molecule has 1 N–H and O–H groups in total. The summed E-state index contributed by atoms with van der Waals surface area (Å²) in [4.78, 5) is 3.75. The van der Waals surface area contributed by atoms with Crippen LogP contribution in [0.15, 0.2) is 18.3 Å². The average Bonchev–Trinajstić information content (AvgIpc) is 2.40. The van der Waals surface area contributed by atoms with E-state index in [9.17, 15) is 4.39 Å². The molecule has 1 heterocycles. The standard InChI is InChI=1S/C17H23FN2/c1-11(20-15-2-3-16(18)19-10-15)17-7-12-4-13(8-17)6-14(5-12)9-17/h2-3,10-14,20H,4-9H2,1H3. The summed E-state index contributed by atoms with van der Waals surface area (Å²) in [6.07, 6.45) is 10.2. The zero-order valence-electron chi connectivity index (χ0n) is 12.1. The Labute approximate surface area is 120 Å². The van der Waals surface area contributed by atoms with Gasteiger partial charge in [-0.2, -0.15) is 4.39 Å². The Morgan fingerprint density at radius 1 is 1.15 bits per heavy atom. The second-order valence-electron chi connectivity index (χ2n) is 7.52. The highest BCUT2D eigenvalue weighted by molar-refractivity contribution is 5.41. The number of anilines is 1. The second kappa shape index (κ2) is 4.44. The highest BCUT2D eigenvalue weighted by atomic mass is 19.1. The van der Waals surface area contributed by atoms with E-state index in [0.29, 0.717) is 11.5 Å². The molecule has 1 aromatic rings. The number of rotatable bonds is 3. The maximum atomic E-state index is 12.9. The minimum Gasteiger partial charge on any atom is -0.381 e. The largest absolute Gasteiger partial charge is 0.381 e. The summed E-state index contributed by atoms with van der Waals surface area (Å²) in [5.74, 6) is 2.50. The molecule has 0 saturated heterocycles. The molecule has 0 radical (unpaired) electrons. The summed E-state index contributed by atoms with van der Waals surface area (Å²) in [5, 5.41) is 3.60. The van der Waals surface area contributed by atoms with Gasteiger partial charge >= 0.3 is 0 Å². The smallest absolute Gasteiger partial charge is 0.212 e. The average molecular weight is 274 g/mol. The maximum Gasteiger partial charge on any atom is 0.212 e. The van der Waals surface area contributed by atoms with Gasteiger partial charge in [0.1, 0.15) is 0 Å². The van der Waals surface area contributed by atoms with Gasteiger partial charge in [-0.15, -0.1) is 0 Å². The summed E-state index contributed by atoms with van der Waals surface area (Å²) in [6, 6.07) is 3.71. The lowest BCUT2D eigenvalue weighted by Gasteiger charge is -2.59. The SMILES string of the molecule is CC(Nc1ccc(F)nc1)C12CC3CC(CC(C3)C1)C2. The van der Waals surface area contributed by atoms with Gasteiger partial charge < -0.3 is 5.32 Å². The molecule has 1 atom stereocenters. The Morgan fingerprint density at radius 2 is 1.75 bits per heavy atom. The molecule has 20 heavy (non-hydrogen) atoms. The molecular weight excluding hydrogens is 251 g/mol. The van der Waals surface area contributed by atoms with Crippen LogP contribution >= 0.6 is 0 Å². The Morgan fingerprint density at radius 3 is 2.25 bits per heavy atom. The molecule has 0 aliphatic heterocycles. The Hall–Kier alpha value is -1.12. The fraction of sp³-hybridized carbons (Fsp3) is 0.706. The number of halogens is 1. The van der Waals surface area contributed by atoms with E-state index in [1.165, 1.54) is 44.6 Å². The van der Waals surface area contributed by atoms with Crippen LogP contribution in [0.3, 0.4) is 0 Å². The predicted molar refractivity (Wildman–Crippen MR) is 77.9 cm³/mol. The number of pyridine rings is 1. The van der Waals surface area contributed by atoms with Crippen LogP contribution in [0.2, 0.25) is 0 Å². The van der Waals surface area contributed by atoms with E-state index < -0.39 is 5.95 Å². The molecular formula is C17H23FN2. The zero-order chi connectivity index (χ0) is 13.7. The van der Waals surface area contributed by atoms with Crippen LogP contribution in [0.25, 0.3) is 0 Å². The van der Waals surface area contributed by atoms with Crippen LogP contribution in [0.5, 0.6) is 0 Å². The third-order valence-corrected chi connectivity index (χ3v) is 6.11. The summed E-state index contributed by atoms with van der Waals surface area (Å²) in [6.45, 7) is 2.32. The van der Waals surface area contributed by atoms with E-state index in [-0.39, 0.29) is 0 Å². The van der Waals surface area contributed by atoms with Crippen molar-refractivity contribution >= 4 is 5.69 Å². The molecule has 0 amide bonds. The van der Waals surface area contributed by atoms with Crippen molar-refractivity contribution in [1.29, 1.82) is 0 Å². The van der Waals surface area contributed by atoms with E-state index in [4.69, 9.17) is 0 Å². The minimum atomic E-state index is -0.405. The van der Waals surface area contributed by atoms with E-state index in [1.807, 2.05) is 0 Å². The van der Waals surface area contributed by atoms with Gasteiger partial charge in [-0.05, 0) is 80.8 Å². The Kier molecular flexibility index (Phi) is 2.80. The monoisotopic (exact) mass is 274 g/mol. The van der Waals surface area contributed by atoms with Crippen molar-refractivity contribution in [3.63, 3.8) is 0 Å². The van der Waals surface area contributed by atoms with E-state index in [2.05, 4.69) is 17.2 Å². The summed E-state index contributed by atoms with van der Waals surface area (Å²) in [7, 11) is 0. The molecule has 3 heteroatoms. The lowest BCUT2D eigenvalue weighted by molar-refractivity contribution is -0.0602. The van der Waals surface area contributed by atoms with E-state index in [1.54, 1.807) is 12.3 Å². The molecule has 0 aromatic carbocycles. The second-order valence-corrected chi connectivity index (χ2v) is 7.52. The number of nitrogens with one attached hydrogen (secondary N) is 1. The molecule has 4 fully saturated rings. The third-order valence-electron chi connectivity index (χ3n) is 6.11. The molecule has 1 unspecified atom stereocenters. The van der Waals surface area contributed by atoms with E-state index in [0.717, 1.165) is 23.4 Å². The van der Waals surface area contributed by atoms with Crippen molar-refractivity contribution in [2.45, 2.75) is 51.5 Å². The zero-order valence-corrected chi connectivity index (χ0v) is 12.1. The fourth-order valence-corrected chi connectivity index (χ4v) is 5.57. The van der Waals surface area contributed by atoms with Gasteiger partial charge in [0.25, 0.3) is 0 Å². The number of hydrogen-bond donors (Lipinski definition) is 1. The van der Waals surface area contributed by atoms with Crippen molar-refractivity contribution in [3.8, 4) is 0 Å². The summed E-state index contributed by atoms with van der Waals surface area (Å²) >= 11 is 0. The van der Waals surface area contributed by atoms with Crippen LogP contribution in [0.4, 0.5) is 10.1 Å². The number of nitrogens with zero attached hydrogens (tertiary/aromatic N) is 1. The molecule has 108 valence electrons. The normalized spacial score (nSPS) is 39.8. The summed E-state index contributed by atoms with van der Waals surface area (Å²) in [5.41, 5.74) is 1.43. The maximum absolute atomic E-state index is 12.9. The van der Waals surface area contributed by atoms with Gasteiger partial charge in [0.15, 0.2) is 0 Å². The van der Waals surface area contributed by atoms with Crippen molar-refractivity contribution in [2.24, 2.45) is 23.2 Å². The molecule has 4 aliphatic carbocycles. The van der Waals surface area contributed by atoms with Gasteiger partial charge in [-0.1, -0.05) is 0 Å². The third kappa shape index (κ3) is 2.02. The minimum absolute atomic E-state index is 0.405. The number of aromatic nitrogens is 1. The Bertz CT molecular complexity index is 461. The predicted octanol–water partition coefficient (Wildman–Crippen LogP) is 4.24. The first kappa shape index (κ1) is 12.6. The lowest BCUT2D eigenvalue weighted by Crippen LogP contribution is -2.52. The Balaban J connectivity index is 1.53. The van der Waals surface area contributed by atoms with Crippen molar-refractivity contribution in [3.05, 3.63) is 24.3 Å². The topological polar surface area (TPSA) is 24.9 Å². The van der Waals surface area contributed by atoms with Gasteiger partial charge in [-0.25, -0.2) is 4.98 Å². The molecule has 2 nitrogen and oxygen atoms in total. The van der Waals surface area contributed by atoms with Crippen LogP contribution in [0, 0.1) is 29.1 Å². The van der Waals surface area contributed by atoms with E-state index >= 15 is 0 Å². The molecule has 1 aromatic heterocycles. The van der Waals surface area contributed by atoms with Crippen molar-refractivity contribution < 1.29 is 4.39 Å². The molecule has 4 saturated carbocycles. The quantitative estimate of drug-likeness (QED) is 0.834. The van der Waals surface area contributed by atoms with Gasteiger partial charge in [-0.3, -0.25) is 0 Å². The van der Waals surface area contributed by atoms with Crippen molar-refractivity contribution in [1.82, 2.24) is 4.98 Å². The van der Waals surface area contributed by atoms with Gasteiger partial charge in [0.2, 0.25) is 5.95 Å². The first-order valence-corrected chi connectivity index (χ1v) is 8.01. The first-order chi connectivity index (χ1) is 9.63. The van der Waals surface area contributed by atoms with Gasteiger partial charge in [0.05, 0.1) is 11.9 Å². The highest BCUT2D eigenvalue weighted by Gasteiger charge is 2.53.